The summed E-state index contributed by atoms with van der Waals surface area (Å²) in [6, 6.07) is 5.92. The van der Waals surface area contributed by atoms with E-state index in [4.69, 9.17) is 0 Å². The van der Waals surface area contributed by atoms with Gasteiger partial charge in [0, 0.05) is 70.2 Å². The monoisotopic (exact) mass is 557 g/mol. The molecule has 0 unspecified atom stereocenters. The highest BCUT2D eigenvalue weighted by Crippen LogP contribution is 2.16. The van der Waals surface area contributed by atoms with Crippen LogP contribution in [0.5, 0.6) is 0 Å². The Kier molecular flexibility index (Phi) is 10.4. The van der Waals surface area contributed by atoms with Crippen LogP contribution in [-0.4, -0.2) is 73.1 Å². The molecule has 1 saturated heterocycles. The Morgan fingerprint density at radius 2 is 1.90 bits per heavy atom. The molecule has 8 nitrogen and oxygen atoms in total. The summed E-state index contributed by atoms with van der Waals surface area (Å²) in [5.74, 6) is 1.87. The molecular formula is C21H32IN7OS. The number of pyridine rings is 1. The minimum absolute atomic E-state index is 0. The highest BCUT2D eigenvalue weighted by Gasteiger charge is 2.21. The minimum Gasteiger partial charge on any atom is -0.356 e. The van der Waals surface area contributed by atoms with Crippen molar-refractivity contribution in [2.75, 3.05) is 51.2 Å². The number of nitrogens with one attached hydrogen (secondary N) is 2. The number of aliphatic imine (C=N–C) groups is 1. The Bertz CT molecular complexity index is 831. The number of hydrogen-bond donors (Lipinski definition) is 2. The number of thiazole rings is 1. The number of nitrogens with zero attached hydrogens (tertiary/aromatic N) is 5. The van der Waals surface area contributed by atoms with Gasteiger partial charge >= 0.3 is 0 Å². The smallest absolute Gasteiger partial charge is 0.224 e. The lowest BCUT2D eigenvalue weighted by molar-refractivity contribution is -0.131. The fourth-order valence-electron chi connectivity index (χ4n) is 3.33. The number of guanidine groups is 1. The Morgan fingerprint density at radius 3 is 2.52 bits per heavy atom. The maximum absolute atomic E-state index is 12.5. The number of aromatic nitrogens is 2. The van der Waals surface area contributed by atoms with Crippen molar-refractivity contribution >= 4 is 53.0 Å². The van der Waals surface area contributed by atoms with Crippen LogP contribution in [0.1, 0.15) is 22.0 Å². The molecule has 2 N–H and O–H groups in total. The second kappa shape index (κ2) is 12.8. The highest BCUT2D eigenvalue weighted by atomic mass is 127. The van der Waals surface area contributed by atoms with E-state index in [0.29, 0.717) is 18.9 Å². The zero-order chi connectivity index (χ0) is 21.3. The van der Waals surface area contributed by atoms with Gasteiger partial charge in [0.05, 0.1) is 10.7 Å². The normalized spacial score (nSPS) is 14.2. The van der Waals surface area contributed by atoms with E-state index in [1.807, 2.05) is 30.0 Å². The third-order valence-corrected chi connectivity index (χ3v) is 6.30. The van der Waals surface area contributed by atoms with Crippen LogP contribution in [0.25, 0.3) is 0 Å². The zero-order valence-corrected chi connectivity index (χ0v) is 21.6. The number of halogens is 1. The summed E-state index contributed by atoms with van der Waals surface area (Å²) < 4.78 is 0. The number of carbonyl (C=O) groups excluding carboxylic acids is 1. The number of anilines is 1. The van der Waals surface area contributed by atoms with Gasteiger partial charge in [-0.15, -0.1) is 35.3 Å². The van der Waals surface area contributed by atoms with E-state index >= 15 is 0 Å². The molecule has 3 heterocycles. The fraction of sp³-hybridized carbons (Fsp3) is 0.524. The van der Waals surface area contributed by atoms with Crippen LogP contribution in [0.15, 0.2) is 29.4 Å². The van der Waals surface area contributed by atoms with Crippen LogP contribution < -0.4 is 15.5 Å². The van der Waals surface area contributed by atoms with Gasteiger partial charge in [0.2, 0.25) is 5.91 Å². The maximum atomic E-state index is 12.5. The van der Waals surface area contributed by atoms with Crippen LogP contribution in [0.3, 0.4) is 0 Å². The van der Waals surface area contributed by atoms with Crippen LogP contribution in [0.4, 0.5) is 5.82 Å². The lowest BCUT2D eigenvalue weighted by Crippen LogP contribution is -2.49. The quantitative estimate of drug-likeness (QED) is 0.309. The molecule has 0 saturated carbocycles. The lowest BCUT2D eigenvalue weighted by atomic mass is 10.2. The molecular weight excluding hydrogens is 525 g/mol. The molecule has 1 aliphatic heterocycles. The van der Waals surface area contributed by atoms with Gasteiger partial charge in [-0.25, -0.2) is 9.97 Å². The molecule has 1 fully saturated rings. The molecule has 170 valence electrons. The summed E-state index contributed by atoms with van der Waals surface area (Å²) in [5.41, 5.74) is 1.11. The Morgan fingerprint density at radius 1 is 1.16 bits per heavy atom. The predicted octanol–water partition coefficient (Wildman–Crippen LogP) is 2.22. The number of hydrogen-bond acceptors (Lipinski definition) is 6. The average Bonchev–Trinajstić information content (AvgIpc) is 3.10. The molecule has 10 heteroatoms. The largest absolute Gasteiger partial charge is 0.356 e. The Balaban J connectivity index is 0.00000341. The van der Waals surface area contributed by atoms with Crippen molar-refractivity contribution in [1.82, 2.24) is 25.5 Å². The zero-order valence-electron chi connectivity index (χ0n) is 18.4. The second-order valence-corrected chi connectivity index (χ2v) is 8.52. The first-order valence-electron chi connectivity index (χ1n) is 10.4. The molecule has 0 radical (unpaired) electrons. The Labute approximate surface area is 205 Å². The summed E-state index contributed by atoms with van der Waals surface area (Å²) in [7, 11) is 1.74. The first-order chi connectivity index (χ1) is 14.6. The highest BCUT2D eigenvalue weighted by molar-refractivity contribution is 14.0. The minimum atomic E-state index is 0. The molecule has 3 rings (SSSR count). The number of amides is 1. The lowest BCUT2D eigenvalue weighted by Gasteiger charge is -2.35. The standard InChI is InChI=1S/C21H31N7OS.HI/c1-16-17(2)30-19(26-16)7-10-24-21(22-3)25-11-8-20(29)28-14-12-27(13-15-28)18-6-4-5-9-23-18;/h4-6,9H,7-8,10-15H2,1-3H3,(H2,22,24,25);1H. The van der Waals surface area contributed by atoms with Crippen LogP contribution in [-0.2, 0) is 11.2 Å². The topological polar surface area (TPSA) is 85.8 Å². The van der Waals surface area contributed by atoms with Crippen LogP contribution in [0, 0.1) is 13.8 Å². The second-order valence-electron chi connectivity index (χ2n) is 7.23. The number of piperazine rings is 1. The molecule has 1 amide bonds. The van der Waals surface area contributed by atoms with Crippen LogP contribution in [0.2, 0.25) is 0 Å². The maximum Gasteiger partial charge on any atom is 0.224 e. The summed E-state index contributed by atoms with van der Waals surface area (Å²) in [4.78, 5) is 31.1. The van der Waals surface area contributed by atoms with E-state index in [1.165, 1.54) is 4.88 Å². The molecule has 2 aromatic rings. The summed E-state index contributed by atoms with van der Waals surface area (Å²) in [6.45, 7) is 8.55. The van der Waals surface area contributed by atoms with E-state index in [0.717, 1.165) is 55.7 Å². The predicted molar refractivity (Wildman–Crippen MR) is 138 cm³/mol. The number of rotatable bonds is 7. The molecule has 31 heavy (non-hydrogen) atoms. The van der Waals surface area contributed by atoms with E-state index in [9.17, 15) is 4.79 Å². The first-order valence-corrected chi connectivity index (χ1v) is 11.2. The third-order valence-electron chi connectivity index (χ3n) is 5.16. The SMILES string of the molecule is CN=C(NCCC(=O)N1CCN(c2ccccn2)CC1)NCCc1nc(C)c(C)s1.I. The van der Waals surface area contributed by atoms with Gasteiger partial charge in [-0.05, 0) is 26.0 Å². The molecule has 2 aromatic heterocycles. The van der Waals surface area contributed by atoms with Crippen molar-refractivity contribution in [3.8, 4) is 0 Å². The summed E-state index contributed by atoms with van der Waals surface area (Å²) in [6.07, 6.45) is 3.12. The van der Waals surface area contributed by atoms with Gasteiger partial charge in [-0.1, -0.05) is 6.07 Å². The summed E-state index contributed by atoms with van der Waals surface area (Å²) >= 11 is 1.74. The van der Waals surface area contributed by atoms with Gasteiger partial charge in [-0.3, -0.25) is 9.79 Å². The van der Waals surface area contributed by atoms with Gasteiger partial charge in [-0.2, -0.15) is 0 Å². The fourth-order valence-corrected chi connectivity index (χ4v) is 4.26. The van der Waals surface area contributed by atoms with Gasteiger partial charge < -0.3 is 20.4 Å². The molecule has 0 bridgehead atoms. The van der Waals surface area contributed by atoms with Crippen molar-refractivity contribution in [3.05, 3.63) is 40.0 Å². The van der Waals surface area contributed by atoms with Crippen LogP contribution >= 0.6 is 35.3 Å². The van der Waals surface area contributed by atoms with Crippen molar-refractivity contribution < 1.29 is 4.79 Å². The molecule has 0 atom stereocenters. The van der Waals surface area contributed by atoms with Crippen molar-refractivity contribution in [2.24, 2.45) is 4.99 Å². The number of carbonyl (C=O) groups is 1. The van der Waals surface area contributed by atoms with Crippen molar-refractivity contribution in [3.63, 3.8) is 0 Å². The third kappa shape index (κ3) is 7.60. The van der Waals surface area contributed by atoms with E-state index in [-0.39, 0.29) is 29.9 Å². The van der Waals surface area contributed by atoms with E-state index in [1.54, 1.807) is 24.6 Å². The molecule has 0 aromatic carbocycles. The molecule has 1 aliphatic rings. The van der Waals surface area contributed by atoms with E-state index < -0.39 is 0 Å². The van der Waals surface area contributed by atoms with Gasteiger partial charge in [0.15, 0.2) is 5.96 Å². The van der Waals surface area contributed by atoms with Crippen molar-refractivity contribution in [2.45, 2.75) is 26.7 Å². The molecule has 0 aliphatic carbocycles. The van der Waals surface area contributed by atoms with Gasteiger partial charge in [0.1, 0.15) is 5.82 Å². The summed E-state index contributed by atoms with van der Waals surface area (Å²) in [5, 5.41) is 7.65. The van der Waals surface area contributed by atoms with Crippen molar-refractivity contribution in [1.29, 1.82) is 0 Å². The van der Waals surface area contributed by atoms with Gasteiger partial charge in [0.25, 0.3) is 0 Å². The average molecular weight is 558 g/mol. The molecule has 0 spiro atoms. The number of aryl methyl sites for hydroxylation is 2. The Hall–Kier alpha value is -1.95. The first kappa shape index (κ1) is 25.3. The van der Waals surface area contributed by atoms with E-state index in [2.05, 4.69) is 37.4 Å².